The monoisotopic (exact) mass is 272 g/mol. The van der Waals surface area contributed by atoms with Crippen molar-refractivity contribution in [3.63, 3.8) is 0 Å². The Hall–Kier alpha value is -0.860. The van der Waals surface area contributed by atoms with E-state index in [1.165, 1.54) is 31.2 Å². The molecule has 2 saturated heterocycles. The predicted molar refractivity (Wildman–Crippen MR) is 84.9 cm³/mol. The number of piperidine rings is 1. The van der Waals surface area contributed by atoms with Gasteiger partial charge in [-0.3, -0.25) is 4.90 Å². The van der Waals surface area contributed by atoms with Crippen LogP contribution in [0.3, 0.4) is 0 Å². The Morgan fingerprint density at radius 1 is 1.05 bits per heavy atom. The molecule has 0 saturated carbocycles. The lowest BCUT2D eigenvalue weighted by Crippen LogP contribution is -2.48. The maximum absolute atomic E-state index is 3.67. The van der Waals surface area contributed by atoms with Gasteiger partial charge in [-0.1, -0.05) is 38.1 Å². The van der Waals surface area contributed by atoms with Crippen molar-refractivity contribution in [2.45, 2.75) is 70.6 Å². The van der Waals surface area contributed by atoms with E-state index in [9.17, 15) is 0 Å². The number of benzene rings is 1. The molecule has 2 atom stereocenters. The van der Waals surface area contributed by atoms with Crippen molar-refractivity contribution in [1.29, 1.82) is 0 Å². The van der Waals surface area contributed by atoms with Gasteiger partial charge in [-0.25, -0.2) is 0 Å². The molecule has 110 valence electrons. The van der Waals surface area contributed by atoms with Crippen LogP contribution in [0.15, 0.2) is 24.3 Å². The van der Waals surface area contributed by atoms with Gasteiger partial charge in [0, 0.05) is 24.7 Å². The lowest BCUT2D eigenvalue weighted by Gasteiger charge is -2.39. The number of nitrogens with zero attached hydrogens (tertiary/aromatic N) is 1. The van der Waals surface area contributed by atoms with Gasteiger partial charge in [-0.15, -0.1) is 0 Å². The van der Waals surface area contributed by atoms with Crippen LogP contribution in [0.1, 0.15) is 50.7 Å². The van der Waals surface area contributed by atoms with Crippen LogP contribution in [0, 0.1) is 0 Å². The van der Waals surface area contributed by atoms with E-state index in [2.05, 4.69) is 48.3 Å². The number of hydrogen-bond acceptors (Lipinski definition) is 2. The van der Waals surface area contributed by atoms with Crippen LogP contribution in [0.25, 0.3) is 0 Å². The van der Waals surface area contributed by atoms with Gasteiger partial charge in [0.05, 0.1) is 0 Å². The Kier molecular flexibility index (Phi) is 4.42. The fourth-order valence-corrected chi connectivity index (χ4v) is 4.24. The fourth-order valence-electron chi connectivity index (χ4n) is 4.24. The molecule has 2 heteroatoms. The second kappa shape index (κ2) is 6.28. The molecule has 1 aromatic rings. The summed E-state index contributed by atoms with van der Waals surface area (Å²) < 4.78 is 0. The SMILES string of the molecule is CCNC1CC2CCC(C1)N2Cc1ccccc1CC. The molecule has 0 amide bonds. The summed E-state index contributed by atoms with van der Waals surface area (Å²) in [6.45, 7) is 6.78. The van der Waals surface area contributed by atoms with E-state index in [-0.39, 0.29) is 0 Å². The van der Waals surface area contributed by atoms with Crippen molar-refractivity contribution in [3.05, 3.63) is 35.4 Å². The quantitative estimate of drug-likeness (QED) is 0.884. The van der Waals surface area contributed by atoms with Crippen molar-refractivity contribution >= 4 is 0 Å². The zero-order valence-corrected chi connectivity index (χ0v) is 12.9. The Labute approximate surface area is 123 Å². The fraction of sp³-hybridized carbons (Fsp3) is 0.667. The van der Waals surface area contributed by atoms with Crippen LogP contribution >= 0.6 is 0 Å². The smallest absolute Gasteiger partial charge is 0.0242 e. The summed E-state index contributed by atoms with van der Waals surface area (Å²) in [5, 5.41) is 3.67. The molecule has 0 spiro atoms. The average Bonchev–Trinajstić information content (AvgIpc) is 2.71. The summed E-state index contributed by atoms with van der Waals surface area (Å²) >= 11 is 0. The average molecular weight is 272 g/mol. The summed E-state index contributed by atoms with van der Waals surface area (Å²) in [6, 6.07) is 11.4. The molecule has 1 N–H and O–H groups in total. The van der Waals surface area contributed by atoms with Gasteiger partial charge in [-0.2, -0.15) is 0 Å². The summed E-state index contributed by atoms with van der Waals surface area (Å²) in [7, 11) is 0. The predicted octanol–water partition coefficient (Wildman–Crippen LogP) is 3.35. The van der Waals surface area contributed by atoms with E-state index in [1.54, 1.807) is 5.56 Å². The molecule has 2 heterocycles. The van der Waals surface area contributed by atoms with Gasteiger partial charge in [0.15, 0.2) is 0 Å². The maximum Gasteiger partial charge on any atom is 0.0242 e. The highest BCUT2D eigenvalue weighted by Gasteiger charge is 2.40. The molecule has 3 rings (SSSR count). The third-order valence-electron chi connectivity index (χ3n) is 5.23. The molecule has 0 radical (unpaired) electrons. The van der Waals surface area contributed by atoms with E-state index in [0.29, 0.717) is 0 Å². The van der Waals surface area contributed by atoms with Gasteiger partial charge in [0.2, 0.25) is 0 Å². The summed E-state index contributed by atoms with van der Waals surface area (Å²) in [4.78, 5) is 2.79. The van der Waals surface area contributed by atoms with E-state index in [4.69, 9.17) is 0 Å². The van der Waals surface area contributed by atoms with Gasteiger partial charge < -0.3 is 5.32 Å². The lowest BCUT2D eigenvalue weighted by atomic mass is 9.95. The molecular weight excluding hydrogens is 244 g/mol. The van der Waals surface area contributed by atoms with E-state index in [0.717, 1.165) is 37.6 Å². The molecular formula is C18H28N2. The number of fused-ring (bicyclic) bond motifs is 2. The summed E-state index contributed by atoms with van der Waals surface area (Å²) in [5.41, 5.74) is 3.08. The molecule has 2 unspecified atom stereocenters. The van der Waals surface area contributed by atoms with Gasteiger partial charge in [-0.05, 0) is 49.8 Å². The van der Waals surface area contributed by atoms with Crippen LogP contribution < -0.4 is 5.32 Å². The van der Waals surface area contributed by atoms with Crippen LogP contribution in [0.4, 0.5) is 0 Å². The summed E-state index contributed by atoms with van der Waals surface area (Å²) in [5.74, 6) is 0. The molecule has 0 aromatic heterocycles. The van der Waals surface area contributed by atoms with Crippen molar-refractivity contribution < 1.29 is 0 Å². The zero-order valence-electron chi connectivity index (χ0n) is 12.9. The minimum absolute atomic E-state index is 0.759. The Bertz CT molecular complexity index is 429. The van der Waals surface area contributed by atoms with E-state index in [1.807, 2.05) is 0 Å². The van der Waals surface area contributed by atoms with Gasteiger partial charge >= 0.3 is 0 Å². The normalized spacial score (nSPS) is 29.8. The molecule has 2 bridgehead atoms. The first-order valence-electron chi connectivity index (χ1n) is 8.37. The largest absolute Gasteiger partial charge is 0.314 e. The molecule has 1 aromatic carbocycles. The van der Waals surface area contributed by atoms with Crippen molar-refractivity contribution in [2.75, 3.05) is 6.54 Å². The molecule has 20 heavy (non-hydrogen) atoms. The number of hydrogen-bond donors (Lipinski definition) is 1. The third-order valence-corrected chi connectivity index (χ3v) is 5.23. The van der Waals surface area contributed by atoms with Crippen molar-refractivity contribution in [2.24, 2.45) is 0 Å². The van der Waals surface area contributed by atoms with Crippen molar-refractivity contribution in [3.8, 4) is 0 Å². The molecule has 2 nitrogen and oxygen atoms in total. The van der Waals surface area contributed by atoms with Crippen LogP contribution in [-0.2, 0) is 13.0 Å². The first-order chi connectivity index (χ1) is 9.81. The second-order valence-electron chi connectivity index (χ2n) is 6.41. The third kappa shape index (κ3) is 2.77. The Morgan fingerprint density at radius 2 is 1.70 bits per heavy atom. The Balaban J connectivity index is 1.70. The Morgan fingerprint density at radius 3 is 2.30 bits per heavy atom. The zero-order chi connectivity index (χ0) is 13.9. The molecule has 2 aliphatic rings. The molecule has 2 aliphatic heterocycles. The highest BCUT2D eigenvalue weighted by Crippen LogP contribution is 2.37. The number of nitrogens with one attached hydrogen (secondary N) is 1. The van der Waals surface area contributed by atoms with Crippen LogP contribution in [0.2, 0.25) is 0 Å². The highest BCUT2D eigenvalue weighted by molar-refractivity contribution is 5.27. The first-order valence-corrected chi connectivity index (χ1v) is 8.37. The van der Waals surface area contributed by atoms with Crippen molar-refractivity contribution in [1.82, 2.24) is 10.2 Å². The van der Waals surface area contributed by atoms with Crippen LogP contribution in [0.5, 0.6) is 0 Å². The minimum atomic E-state index is 0.759. The topological polar surface area (TPSA) is 15.3 Å². The molecule has 0 aliphatic carbocycles. The number of aryl methyl sites for hydroxylation is 1. The van der Waals surface area contributed by atoms with Crippen LogP contribution in [-0.4, -0.2) is 29.6 Å². The number of rotatable bonds is 5. The highest BCUT2D eigenvalue weighted by atomic mass is 15.2. The first kappa shape index (κ1) is 14.1. The van der Waals surface area contributed by atoms with E-state index >= 15 is 0 Å². The minimum Gasteiger partial charge on any atom is -0.314 e. The van der Waals surface area contributed by atoms with Gasteiger partial charge in [0.1, 0.15) is 0 Å². The standard InChI is InChI=1S/C18H28N2/c1-3-14-7-5-6-8-15(14)13-20-17-9-10-18(20)12-16(11-17)19-4-2/h5-8,16-19H,3-4,9-13H2,1-2H3. The molecule has 2 fully saturated rings. The van der Waals surface area contributed by atoms with Gasteiger partial charge in [0.25, 0.3) is 0 Å². The second-order valence-corrected chi connectivity index (χ2v) is 6.41. The summed E-state index contributed by atoms with van der Waals surface area (Å²) in [6.07, 6.45) is 6.65. The maximum atomic E-state index is 3.67. The van der Waals surface area contributed by atoms with E-state index < -0.39 is 0 Å². The lowest BCUT2D eigenvalue weighted by molar-refractivity contribution is 0.109.